The van der Waals surface area contributed by atoms with Crippen molar-refractivity contribution in [2.45, 2.75) is 52.7 Å². The predicted octanol–water partition coefficient (Wildman–Crippen LogP) is 4.32. The zero-order chi connectivity index (χ0) is 22.4. The number of carboxylic acid groups (broad SMARTS) is 2. The molecule has 0 aliphatic heterocycles. The lowest BCUT2D eigenvalue weighted by atomic mass is 9.80. The van der Waals surface area contributed by atoms with Crippen LogP contribution in [0.4, 0.5) is 0 Å². The molecule has 0 aromatic heterocycles. The monoisotopic (exact) mass is 404 g/mol. The summed E-state index contributed by atoms with van der Waals surface area (Å²) >= 11 is 0. The summed E-state index contributed by atoms with van der Waals surface area (Å²) in [6.45, 7) is 7.52. The highest BCUT2D eigenvalue weighted by Crippen LogP contribution is 2.27. The highest BCUT2D eigenvalue weighted by molar-refractivity contribution is 5.87. The third-order valence-corrected chi connectivity index (χ3v) is 4.54. The molecule has 0 aliphatic carbocycles. The number of carbonyl (C=O) groups is 2. The summed E-state index contributed by atoms with van der Waals surface area (Å²) in [5, 5.41) is 35.7. The SMILES string of the molecule is CCCC(O)C(C)(C)C(C)O.O=C(O)c1ccccc1.O=C(O)c1ccccc1. The molecule has 2 unspecified atom stereocenters. The molecule has 0 spiro atoms. The lowest BCUT2D eigenvalue weighted by Crippen LogP contribution is -2.38. The van der Waals surface area contributed by atoms with Crippen molar-refractivity contribution >= 4 is 11.9 Å². The van der Waals surface area contributed by atoms with E-state index in [2.05, 4.69) is 0 Å². The number of rotatable bonds is 6. The van der Waals surface area contributed by atoms with Gasteiger partial charge in [0, 0.05) is 5.41 Å². The van der Waals surface area contributed by atoms with Crippen molar-refractivity contribution in [2.75, 3.05) is 0 Å². The molecule has 0 fully saturated rings. The van der Waals surface area contributed by atoms with Crippen LogP contribution in [0.2, 0.25) is 0 Å². The minimum Gasteiger partial charge on any atom is -0.478 e. The number of benzene rings is 2. The Morgan fingerprint density at radius 1 is 0.828 bits per heavy atom. The number of carboxylic acids is 2. The fourth-order valence-electron chi connectivity index (χ4n) is 2.09. The summed E-state index contributed by atoms with van der Waals surface area (Å²) in [4.78, 5) is 20.4. The van der Waals surface area contributed by atoms with Crippen LogP contribution in [0, 0.1) is 5.41 Å². The maximum Gasteiger partial charge on any atom is 0.335 e. The molecule has 0 bridgehead atoms. The molecular formula is C23H32O6. The van der Waals surface area contributed by atoms with Gasteiger partial charge in [0.2, 0.25) is 0 Å². The van der Waals surface area contributed by atoms with Crippen LogP contribution in [-0.4, -0.2) is 44.6 Å². The van der Waals surface area contributed by atoms with Crippen LogP contribution in [-0.2, 0) is 0 Å². The number of hydrogen-bond donors (Lipinski definition) is 4. The summed E-state index contributed by atoms with van der Waals surface area (Å²) in [5.74, 6) is -1.76. The quantitative estimate of drug-likeness (QED) is 0.570. The van der Waals surface area contributed by atoms with Crippen LogP contribution in [0.1, 0.15) is 61.3 Å². The van der Waals surface area contributed by atoms with Gasteiger partial charge in [-0.05, 0) is 37.6 Å². The summed E-state index contributed by atoms with van der Waals surface area (Å²) < 4.78 is 0. The second-order valence-corrected chi connectivity index (χ2v) is 7.14. The molecule has 4 N–H and O–H groups in total. The second kappa shape index (κ2) is 13.5. The van der Waals surface area contributed by atoms with E-state index in [9.17, 15) is 19.8 Å². The molecule has 2 aromatic carbocycles. The molecule has 0 radical (unpaired) electrons. The highest BCUT2D eigenvalue weighted by atomic mass is 16.4. The molecule has 0 amide bonds. The fourth-order valence-corrected chi connectivity index (χ4v) is 2.09. The van der Waals surface area contributed by atoms with E-state index < -0.39 is 24.1 Å². The Hall–Kier alpha value is -2.70. The van der Waals surface area contributed by atoms with Gasteiger partial charge in [-0.3, -0.25) is 0 Å². The van der Waals surface area contributed by atoms with Crippen LogP contribution < -0.4 is 0 Å². The Morgan fingerprint density at radius 2 is 1.17 bits per heavy atom. The normalized spacial score (nSPS) is 12.3. The van der Waals surface area contributed by atoms with Crippen molar-refractivity contribution in [2.24, 2.45) is 5.41 Å². The van der Waals surface area contributed by atoms with E-state index in [1.165, 1.54) is 0 Å². The lowest BCUT2D eigenvalue weighted by molar-refractivity contribution is -0.0421. The molecule has 0 saturated carbocycles. The largest absolute Gasteiger partial charge is 0.478 e. The molecule has 0 heterocycles. The van der Waals surface area contributed by atoms with Crippen molar-refractivity contribution < 1.29 is 30.0 Å². The van der Waals surface area contributed by atoms with Crippen molar-refractivity contribution in [3.63, 3.8) is 0 Å². The number of aromatic carboxylic acids is 2. The zero-order valence-corrected chi connectivity index (χ0v) is 17.4. The molecule has 2 atom stereocenters. The van der Waals surface area contributed by atoms with Gasteiger partial charge in [-0.1, -0.05) is 63.6 Å². The van der Waals surface area contributed by atoms with Crippen molar-refractivity contribution in [3.8, 4) is 0 Å². The molecule has 0 saturated heterocycles. The Bertz CT molecular complexity index is 661. The number of hydrogen-bond acceptors (Lipinski definition) is 4. The van der Waals surface area contributed by atoms with E-state index in [4.69, 9.17) is 10.2 Å². The van der Waals surface area contributed by atoms with Crippen LogP contribution in [0.25, 0.3) is 0 Å². The first-order valence-electron chi connectivity index (χ1n) is 9.46. The van der Waals surface area contributed by atoms with E-state index >= 15 is 0 Å². The third-order valence-electron chi connectivity index (χ3n) is 4.54. The van der Waals surface area contributed by atoms with E-state index in [-0.39, 0.29) is 5.41 Å². The van der Waals surface area contributed by atoms with Crippen LogP contribution in [0.15, 0.2) is 60.7 Å². The Morgan fingerprint density at radius 3 is 1.38 bits per heavy atom. The summed E-state index contributed by atoms with van der Waals surface area (Å²) in [6, 6.07) is 16.6. The second-order valence-electron chi connectivity index (χ2n) is 7.14. The van der Waals surface area contributed by atoms with Gasteiger partial charge in [0.1, 0.15) is 0 Å². The third kappa shape index (κ3) is 10.4. The first-order chi connectivity index (χ1) is 13.5. The molecule has 0 aliphatic rings. The van der Waals surface area contributed by atoms with E-state index in [0.29, 0.717) is 11.1 Å². The first-order valence-corrected chi connectivity index (χ1v) is 9.46. The number of aliphatic hydroxyl groups excluding tert-OH is 2. The standard InChI is InChI=1S/C9H20O2.2C7H6O2/c1-5-6-8(11)9(3,4)7(2)10;2*8-7(9)6-4-2-1-3-5-6/h7-8,10-11H,5-6H2,1-4H3;2*1-5H,(H,8,9). The summed E-state index contributed by atoms with van der Waals surface area (Å²) in [6.07, 6.45) is 0.867. The average molecular weight is 405 g/mol. The van der Waals surface area contributed by atoms with E-state index in [1.807, 2.05) is 20.8 Å². The first kappa shape index (κ1) is 26.3. The topological polar surface area (TPSA) is 115 Å². The smallest absolute Gasteiger partial charge is 0.335 e. The van der Waals surface area contributed by atoms with Gasteiger partial charge in [-0.25, -0.2) is 9.59 Å². The molecule has 6 heteroatoms. The number of aliphatic hydroxyl groups is 2. The highest BCUT2D eigenvalue weighted by Gasteiger charge is 2.31. The average Bonchev–Trinajstić information content (AvgIpc) is 2.70. The predicted molar refractivity (Wildman–Crippen MR) is 113 cm³/mol. The Kier molecular flexibility index (Phi) is 12.2. The van der Waals surface area contributed by atoms with Crippen LogP contribution in [0.5, 0.6) is 0 Å². The van der Waals surface area contributed by atoms with Crippen LogP contribution >= 0.6 is 0 Å². The maximum atomic E-state index is 10.2. The summed E-state index contributed by atoms with van der Waals surface area (Å²) in [7, 11) is 0. The Labute approximate surface area is 172 Å². The molecule has 160 valence electrons. The van der Waals surface area contributed by atoms with E-state index in [1.54, 1.807) is 67.6 Å². The zero-order valence-electron chi connectivity index (χ0n) is 17.4. The van der Waals surface area contributed by atoms with Gasteiger partial charge in [0.05, 0.1) is 23.3 Å². The van der Waals surface area contributed by atoms with Crippen molar-refractivity contribution in [3.05, 3.63) is 71.8 Å². The fraction of sp³-hybridized carbons (Fsp3) is 0.391. The molecule has 2 aromatic rings. The maximum absolute atomic E-state index is 10.2. The molecule has 6 nitrogen and oxygen atoms in total. The van der Waals surface area contributed by atoms with Crippen molar-refractivity contribution in [1.82, 2.24) is 0 Å². The molecular weight excluding hydrogens is 372 g/mol. The van der Waals surface area contributed by atoms with Gasteiger partial charge in [-0.15, -0.1) is 0 Å². The minimum atomic E-state index is -0.879. The minimum absolute atomic E-state index is 0.331. The van der Waals surface area contributed by atoms with Gasteiger partial charge >= 0.3 is 11.9 Å². The van der Waals surface area contributed by atoms with Crippen LogP contribution in [0.3, 0.4) is 0 Å². The molecule has 29 heavy (non-hydrogen) atoms. The van der Waals surface area contributed by atoms with E-state index in [0.717, 1.165) is 12.8 Å². The lowest BCUT2D eigenvalue weighted by Gasteiger charge is -2.33. The Balaban J connectivity index is 0.000000408. The van der Waals surface area contributed by atoms with Gasteiger partial charge in [0.25, 0.3) is 0 Å². The molecule has 2 rings (SSSR count). The van der Waals surface area contributed by atoms with Gasteiger partial charge in [0.15, 0.2) is 0 Å². The van der Waals surface area contributed by atoms with Gasteiger partial charge < -0.3 is 20.4 Å². The van der Waals surface area contributed by atoms with Crippen molar-refractivity contribution in [1.29, 1.82) is 0 Å². The van der Waals surface area contributed by atoms with Gasteiger partial charge in [-0.2, -0.15) is 0 Å². The summed E-state index contributed by atoms with van der Waals surface area (Å²) in [5.41, 5.74) is 0.283.